The van der Waals surface area contributed by atoms with E-state index in [2.05, 4.69) is 48.5 Å². The van der Waals surface area contributed by atoms with Gasteiger partial charge in [-0.05, 0) is 26.6 Å². The molecule has 0 aliphatic heterocycles. The average Bonchev–Trinajstić information content (AvgIpc) is 2.28. The predicted octanol–water partition coefficient (Wildman–Crippen LogP) is 1.66. The van der Waals surface area contributed by atoms with Crippen LogP contribution in [0.2, 0.25) is 0 Å². The van der Waals surface area contributed by atoms with Crippen molar-refractivity contribution in [2.45, 2.75) is 19.5 Å². The number of rotatable bonds is 7. The van der Waals surface area contributed by atoms with Crippen LogP contribution in [0.15, 0.2) is 24.3 Å². The molecule has 1 unspecified atom stereocenters. The second-order valence-electron chi connectivity index (χ2n) is 4.63. The van der Waals surface area contributed by atoms with Crippen LogP contribution in [0.25, 0.3) is 0 Å². The normalized spacial score (nSPS) is 13.0. The number of hydrogen-bond donors (Lipinski definition) is 1. The number of likely N-dealkylation sites (N-methyl/N-ethyl adjacent to an activating group) is 2. The Balaban J connectivity index is 2.45. The average molecular weight is 236 g/mol. The van der Waals surface area contributed by atoms with E-state index in [-0.39, 0.29) is 0 Å². The molecule has 1 aromatic rings. The van der Waals surface area contributed by atoms with Crippen molar-refractivity contribution in [3.05, 3.63) is 35.4 Å². The highest BCUT2D eigenvalue weighted by atomic mass is 16.5. The number of ether oxygens (including phenoxy) is 1. The van der Waals surface area contributed by atoms with Crippen LogP contribution in [0.5, 0.6) is 0 Å². The van der Waals surface area contributed by atoms with E-state index < -0.39 is 0 Å². The zero-order valence-corrected chi connectivity index (χ0v) is 11.4. The van der Waals surface area contributed by atoms with Gasteiger partial charge in [0.15, 0.2) is 0 Å². The molecular weight excluding hydrogens is 212 g/mol. The predicted molar refractivity (Wildman–Crippen MR) is 72.2 cm³/mol. The molecule has 1 atom stereocenters. The van der Waals surface area contributed by atoms with Gasteiger partial charge < -0.3 is 15.0 Å². The van der Waals surface area contributed by atoms with Gasteiger partial charge >= 0.3 is 0 Å². The van der Waals surface area contributed by atoms with Crippen molar-refractivity contribution in [2.24, 2.45) is 0 Å². The molecule has 1 N–H and O–H groups in total. The topological polar surface area (TPSA) is 24.5 Å². The summed E-state index contributed by atoms with van der Waals surface area (Å²) in [5, 5.41) is 3.26. The van der Waals surface area contributed by atoms with Crippen LogP contribution in [-0.4, -0.2) is 45.3 Å². The molecule has 3 nitrogen and oxygen atoms in total. The first-order chi connectivity index (χ1) is 8.15. The fourth-order valence-corrected chi connectivity index (χ4v) is 1.99. The molecule has 0 bridgehead atoms. The molecule has 0 saturated heterocycles. The van der Waals surface area contributed by atoms with E-state index in [1.54, 1.807) is 7.11 Å². The van der Waals surface area contributed by atoms with E-state index >= 15 is 0 Å². The zero-order chi connectivity index (χ0) is 12.7. The number of aryl methyl sites for hydroxylation is 1. The fourth-order valence-electron chi connectivity index (χ4n) is 1.99. The summed E-state index contributed by atoms with van der Waals surface area (Å²) in [5.41, 5.74) is 2.68. The molecule has 0 spiro atoms. The van der Waals surface area contributed by atoms with Crippen molar-refractivity contribution < 1.29 is 4.74 Å². The lowest BCUT2D eigenvalue weighted by Crippen LogP contribution is -2.40. The third kappa shape index (κ3) is 5.31. The molecular formula is C14H24N2O. The lowest BCUT2D eigenvalue weighted by Gasteiger charge is -2.23. The summed E-state index contributed by atoms with van der Waals surface area (Å²) in [6.07, 6.45) is 0. The van der Waals surface area contributed by atoms with Crippen LogP contribution in [0.3, 0.4) is 0 Å². The third-order valence-electron chi connectivity index (χ3n) is 2.84. The summed E-state index contributed by atoms with van der Waals surface area (Å²) < 4.78 is 5.18. The fraction of sp³-hybridized carbons (Fsp3) is 0.571. The molecule has 0 aliphatic carbocycles. The van der Waals surface area contributed by atoms with Crippen molar-refractivity contribution in [3.8, 4) is 0 Å². The van der Waals surface area contributed by atoms with Crippen LogP contribution in [0, 0.1) is 6.92 Å². The van der Waals surface area contributed by atoms with Gasteiger partial charge in [-0.1, -0.05) is 29.8 Å². The minimum atomic E-state index is 0.384. The van der Waals surface area contributed by atoms with Crippen molar-refractivity contribution in [2.75, 3.05) is 34.4 Å². The number of nitrogens with one attached hydrogen (secondary N) is 1. The number of hydrogen-bond acceptors (Lipinski definition) is 3. The van der Waals surface area contributed by atoms with Gasteiger partial charge in [0.05, 0.1) is 6.61 Å². The second kappa shape index (κ2) is 7.43. The van der Waals surface area contributed by atoms with E-state index in [1.165, 1.54) is 11.1 Å². The molecule has 3 heteroatoms. The molecule has 0 radical (unpaired) electrons. The second-order valence-corrected chi connectivity index (χ2v) is 4.63. The smallest absolute Gasteiger partial charge is 0.0628 e. The summed E-state index contributed by atoms with van der Waals surface area (Å²) in [6, 6.07) is 9.04. The Bertz CT molecular complexity index is 328. The molecule has 0 heterocycles. The van der Waals surface area contributed by atoms with Gasteiger partial charge in [-0.15, -0.1) is 0 Å². The lowest BCUT2D eigenvalue weighted by atomic mass is 10.1. The number of nitrogens with zero attached hydrogens (tertiary/aromatic N) is 1. The molecule has 0 saturated carbocycles. The van der Waals surface area contributed by atoms with Gasteiger partial charge in [0.25, 0.3) is 0 Å². The number of benzene rings is 1. The molecule has 1 rings (SSSR count). The molecule has 1 aromatic carbocycles. The zero-order valence-electron chi connectivity index (χ0n) is 11.4. The van der Waals surface area contributed by atoms with Gasteiger partial charge in [-0.3, -0.25) is 0 Å². The lowest BCUT2D eigenvalue weighted by molar-refractivity contribution is 0.147. The molecule has 0 amide bonds. The van der Waals surface area contributed by atoms with Gasteiger partial charge in [0, 0.05) is 26.2 Å². The molecule has 96 valence electrons. The van der Waals surface area contributed by atoms with Crippen molar-refractivity contribution >= 4 is 0 Å². The van der Waals surface area contributed by atoms with Crippen LogP contribution < -0.4 is 5.32 Å². The molecule has 0 aliphatic rings. The minimum absolute atomic E-state index is 0.384. The highest BCUT2D eigenvalue weighted by molar-refractivity contribution is 5.21. The summed E-state index contributed by atoms with van der Waals surface area (Å²) >= 11 is 0. The van der Waals surface area contributed by atoms with Gasteiger partial charge in [0.2, 0.25) is 0 Å². The van der Waals surface area contributed by atoms with Crippen LogP contribution in [-0.2, 0) is 11.3 Å². The van der Waals surface area contributed by atoms with Gasteiger partial charge in [-0.2, -0.15) is 0 Å². The van der Waals surface area contributed by atoms with E-state index in [0.717, 1.165) is 19.7 Å². The van der Waals surface area contributed by atoms with Crippen LogP contribution in [0.4, 0.5) is 0 Å². The van der Waals surface area contributed by atoms with Crippen molar-refractivity contribution in [1.82, 2.24) is 10.2 Å². The van der Waals surface area contributed by atoms with Crippen LogP contribution >= 0.6 is 0 Å². The van der Waals surface area contributed by atoms with Crippen molar-refractivity contribution in [3.63, 3.8) is 0 Å². The summed E-state index contributed by atoms with van der Waals surface area (Å²) in [7, 11) is 5.86. The summed E-state index contributed by atoms with van der Waals surface area (Å²) in [5.74, 6) is 0. The Morgan fingerprint density at radius 1 is 1.41 bits per heavy atom. The first kappa shape index (κ1) is 14.2. The van der Waals surface area contributed by atoms with E-state index in [0.29, 0.717) is 6.04 Å². The maximum Gasteiger partial charge on any atom is 0.0628 e. The third-order valence-corrected chi connectivity index (χ3v) is 2.84. The first-order valence-electron chi connectivity index (χ1n) is 6.06. The summed E-state index contributed by atoms with van der Waals surface area (Å²) in [4.78, 5) is 2.31. The monoisotopic (exact) mass is 236 g/mol. The quantitative estimate of drug-likeness (QED) is 0.779. The largest absolute Gasteiger partial charge is 0.383 e. The van der Waals surface area contributed by atoms with Gasteiger partial charge in [-0.25, -0.2) is 0 Å². The summed E-state index contributed by atoms with van der Waals surface area (Å²) in [6.45, 7) is 4.83. The van der Waals surface area contributed by atoms with Crippen LogP contribution in [0.1, 0.15) is 11.1 Å². The first-order valence-corrected chi connectivity index (χ1v) is 6.06. The van der Waals surface area contributed by atoms with E-state index in [1.807, 2.05) is 7.05 Å². The highest BCUT2D eigenvalue weighted by Crippen LogP contribution is 2.06. The maximum absolute atomic E-state index is 5.18. The van der Waals surface area contributed by atoms with E-state index in [9.17, 15) is 0 Å². The Kier molecular flexibility index (Phi) is 6.19. The van der Waals surface area contributed by atoms with Crippen molar-refractivity contribution in [1.29, 1.82) is 0 Å². The molecule has 17 heavy (non-hydrogen) atoms. The van der Waals surface area contributed by atoms with E-state index in [4.69, 9.17) is 4.74 Å². The standard InChI is InChI=1S/C14H24N2O/c1-12-6-5-7-13(8-12)9-16(3)10-14(15-2)11-17-4/h5-8,14-15H,9-11H2,1-4H3. The Morgan fingerprint density at radius 3 is 2.76 bits per heavy atom. The minimum Gasteiger partial charge on any atom is -0.383 e. The molecule has 0 fully saturated rings. The highest BCUT2D eigenvalue weighted by Gasteiger charge is 2.09. The maximum atomic E-state index is 5.18. The Labute approximate surface area is 105 Å². The number of methoxy groups -OCH3 is 1. The SMILES string of the molecule is CNC(COC)CN(C)Cc1cccc(C)c1. The molecule has 0 aromatic heterocycles. The van der Waals surface area contributed by atoms with Gasteiger partial charge in [0.1, 0.15) is 0 Å². The Hall–Kier alpha value is -0.900. The Morgan fingerprint density at radius 2 is 2.18 bits per heavy atom.